The molecular weight excluding hydrogens is 290 g/mol. The third-order valence-corrected chi connectivity index (χ3v) is 3.41. The molecule has 0 fully saturated rings. The number of nitrogens with one attached hydrogen (secondary N) is 2. The second kappa shape index (κ2) is 5.81. The average Bonchev–Trinajstić information content (AvgIpc) is 2.98. The van der Waals surface area contributed by atoms with Crippen molar-refractivity contribution in [2.24, 2.45) is 0 Å². The Morgan fingerprint density at radius 1 is 1.30 bits per heavy atom. The topological polar surface area (TPSA) is 71.3 Å². The molecule has 2 aromatic heterocycles. The van der Waals surface area contributed by atoms with Crippen LogP contribution >= 0.6 is 0 Å². The highest BCUT2D eigenvalue weighted by molar-refractivity contribution is 6.08. The number of hydrogen-bond acceptors (Lipinski definition) is 4. The Bertz CT molecular complexity index is 919. The summed E-state index contributed by atoms with van der Waals surface area (Å²) < 4.78 is 1.60. The molecule has 0 unspecified atom stereocenters. The number of benzene rings is 1. The van der Waals surface area contributed by atoms with Gasteiger partial charge in [-0.3, -0.25) is 4.79 Å². The summed E-state index contributed by atoms with van der Waals surface area (Å²) in [7, 11) is 1.79. The second-order valence-corrected chi connectivity index (χ2v) is 5.00. The fourth-order valence-corrected chi connectivity index (χ4v) is 2.27. The molecule has 0 bridgehead atoms. The summed E-state index contributed by atoms with van der Waals surface area (Å²) in [4.78, 5) is 16.9. The first-order valence-corrected chi connectivity index (χ1v) is 7.03. The van der Waals surface area contributed by atoms with Gasteiger partial charge in [0.25, 0.3) is 5.91 Å². The first-order chi connectivity index (χ1) is 11.1. The van der Waals surface area contributed by atoms with Crippen molar-refractivity contribution < 1.29 is 4.79 Å². The molecular formula is C17H15N5O. The molecule has 2 N–H and O–H groups in total. The summed E-state index contributed by atoms with van der Waals surface area (Å²) in [5.74, 6) is 3.03. The van der Waals surface area contributed by atoms with Gasteiger partial charge in [-0.15, -0.1) is 6.42 Å². The van der Waals surface area contributed by atoms with Gasteiger partial charge in [0.1, 0.15) is 11.4 Å². The first-order valence-electron chi connectivity index (χ1n) is 7.03. The van der Waals surface area contributed by atoms with Gasteiger partial charge >= 0.3 is 0 Å². The van der Waals surface area contributed by atoms with Crippen LogP contribution in [0.4, 0.5) is 11.5 Å². The van der Waals surface area contributed by atoms with Gasteiger partial charge in [0, 0.05) is 30.1 Å². The highest BCUT2D eigenvalue weighted by Gasteiger charge is 2.16. The van der Waals surface area contributed by atoms with Crippen LogP contribution in [0.1, 0.15) is 21.6 Å². The molecule has 0 aliphatic heterocycles. The van der Waals surface area contributed by atoms with E-state index in [1.54, 1.807) is 35.8 Å². The summed E-state index contributed by atoms with van der Waals surface area (Å²) in [5.41, 5.74) is 3.14. The molecule has 6 heteroatoms. The fourth-order valence-electron chi connectivity index (χ4n) is 2.27. The van der Waals surface area contributed by atoms with Crippen molar-refractivity contribution in [3.63, 3.8) is 0 Å². The maximum absolute atomic E-state index is 12.5. The number of aryl methyl sites for hydroxylation is 1. The van der Waals surface area contributed by atoms with Crippen LogP contribution in [0.15, 0.2) is 36.5 Å². The van der Waals surface area contributed by atoms with Crippen molar-refractivity contribution in [2.45, 2.75) is 6.92 Å². The van der Waals surface area contributed by atoms with Crippen LogP contribution in [0.3, 0.4) is 0 Å². The molecule has 3 rings (SSSR count). The van der Waals surface area contributed by atoms with Crippen LogP contribution in [-0.4, -0.2) is 27.6 Å². The Morgan fingerprint density at radius 2 is 2.04 bits per heavy atom. The molecule has 6 nitrogen and oxygen atoms in total. The molecule has 3 aromatic rings. The normalized spacial score (nSPS) is 10.3. The molecule has 1 aromatic carbocycles. The highest BCUT2D eigenvalue weighted by Crippen LogP contribution is 2.17. The van der Waals surface area contributed by atoms with E-state index in [1.807, 2.05) is 13.0 Å². The number of anilines is 2. The van der Waals surface area contributed by atoms with Crippen molar-refractivity contribution in [3.8, 4) is 12.3 Å². The van der Waals surface area contributed by atoms with Crippen LogP contribution in [0.2, 0.25) is 0 Å². The summed E-state index contributed by atoms with van der Waals surface area (Å²) in [6.07, 6.45) is 6.83. The van der Waals surface area contributed by atoms with Crippen molar-refractivity contribution >= 4 is 23.1 Å². The van der Waals surface area contributed by atoms with Crippen molar-refractivity contribution in [1.29, 1.82) is 0 Å². The highest BCUT2D eigenvalue weighted by atomic mass is 16.1. The predicted octanol–water partition coefficient (Wildman–Crippen LogP) is 2.31. The number of rotatable bonds is 3. The smallest absolute Gasteiger partial charge is 0.261 e. The lowest BCUT2D eigenvalue weighted by atomic mass is 10.2. The monoisotopic (exact) mass is 305 g/mol. The van der Waals surface area contributed by atoms with Crippen LogP contribution in [0, 0.1) is 19.3 Å². The van der Waals surface area contributed by atoms with E-state index in [1.165, 1.54) is 6.20 Å². The zero-order valence-corrected chi connectivity index (χ0v) is 12.8. The van der Waals surface area contributed by atoms with Crippen molar-refractivity contribution in [3.05, 3.63) is 53.3 Å². The van der Waals surface area contributed by atoms with Crippen LogP contribution < -0.4 is 10.6 Å². The zero-order chi connectivity index (χ0) is 16.4. The maximum Gasteiger partial charge on any atom is 0.261 e. The molecule has 0 aliphatic carbocycles. The molecule has 0 spiro atoms. The molecule has 23 heavy (non-hydrogen) atoms. The lowest BCUT2D eigenvalue weighted by molar-refractivity contribution is 0.102. The summed E-state index contributed by atoms with van der Waals surface area (Å²) in [5, 5.41) is 10.1. The molecule has 2 heterocycles. The minimum Gasteiger partial charge on any atom is -0.373 e. The number of terminal acetylenes is 1. The molecule has 0 radical (unpaired) electrons. The molecule has 1 amide bonds. The van der Waals surface area contributed by atoms with Gasteiger partial charge in [0.2, 0.25) is 0 Å². The third-order valence-electron chi connectivity index (χ3n) is 3.41. The Kier molecular flexibility index (Phi) is 3.69. The van der Waals surface area contributed by atoms with Crippen LogP contribution in [-0.2, 0) is 0 Å². The minimum absolute atomic E-state index is 0.270. The predicted molar refractivity (Wildman–Crippen MR) is 89.6 cm³/mol. The first kappa shape index (κ1) is 14.6. The van der Waals surface area contributed by atoms with E-state index < -0.39 is 0 Å². The van der Waals surface area contributed by atoms with Gasteiger partial charge < -0.3 is 10.6 Å². The van der Waals surface area contributed by atoms with E-state index in [2.05, 4.69) is 26.6 Å². The Labute approximate surface area is 133 Å². The number of nitrogens with zero attached hydrogens (tertiary/aromatic N) is 3. The summed E-state index contributed by atoms with van der Waals surface area (Å²) >= 11 is 0. The number of carbonyl (C=O) groups is 1. The largest absolute Gasteiger partial charge is 0.373 e. The number of aromatic nitrogens is 3. The van der Waals surface area contributed by atoms with Gasteiger partial charge in [-0.1, -0.05) is 5.92 Å². The molecule has 0 atom stereocenters. The minimum atomic E-state index is -0.270. The number of amides is 1. The lowest BCUT2D eigenvalue weighted by Gasteiger charge is -2.06. The van der Waals surface area contributed by atoms with E-state index in [0.29, 0.717) is 16.9 Å². The van der Waals surface area contributed by atoms with Crippen molar-refractivity contribution in [2.75, 3.05) is 17.7 Å². The maximum atomic E-state index is 12.5. The second-order valence-electron chi connectivity index (χ2n) is 5.00. The molecule has 0 saturated carbocycles. The number of fused-ring (bicyclic) bond motifs is 1. The Morgan fingerprint density at radius 3 is 2.70 bits per heavy atom. The number of carbonyl (C=O) groups excluding carboxylic acids is 1. The van der Waals surface area contributed by atoms with Crippen LogP contribution in [0.5, 0.6) is 0 Å². The standard InChI is InChI=1S/C17H15N5O/c1-4-12-5-7-13(8-6-12)21-17(23)14-10-19-22-15(18-3)9-11(2)20-16(14)22/h1,5-10,18H,2-3H3,(H,21,23). The van der Waals surface area contributed by atoms with Gasteiger partial charge in [0.05, 0.1) is 6.20 Å². The van der Waals surface area contributed by atoms with E-state index in [0.717, 1.165) is 17.1 Å². The van der Waals surface area contributed by atoms with Gasteiger partial charge in [-0.05, 0) is 31.2 Å². The average molecular weight is 305 g/mol. The fraction of sp³-hybridized carbons (Fsp3) is 0.118. The van der Waals surface area contributed by atoms with Gasteiger partial charge in [-0.2, -0.15) is 9.61 Å². The van der Waals surface area contributed by atoms with E-state index in [-0.39, 0.29) is 5.91 Å². The van der Waals surface area contributed by atoms with Gasteiger partial charge in [-0.25, -0.2) is 4.98 Å². The van der Waals surface area contributed by atoms with Crippen LogP contribution in [0.25, 0.3) is 5.65 Å². The van der Waals surface area contributed by atoms with Gasteiger partial charge in [0.15, 0.2) is 5.65 Å². The summed E-state index contributed by atoms with van der Waals surface area (Å²) in [6.45, 7) is 1.87. The Hall–Kier alpha value is -3.33. The summed E-state index contributed by atoms with van der Waals surface area (Å²) in [6, 6.07) is 8.92. The van der Waals surface area contributed by atoms with E-state index in [4.69, 9.17) is 6.42 Å². The Balaban J connectivity index is 1.94. The third kappa shape index (κ3) is 2.72. The lowest BCUT2D eigenvalue weighted by Crippen LogP contribution is -2.12. The molecule has 114 valence electrons. The molecule has 0 saturated heterocycles. The quantitative estimate of drug-likeness (QED) is 0.728. The molecule has 0 aliphatic rings. The van der Waals surface area contributed by atoms with Crippen molar-refractivity contribution in [1.82, 2.24) is 14.6 Å². The number of hydrogen-bond donors (Lipinski definition) is 2. The SMILES string of the molecule is C#Cc1ccc(NC(=O)c2cnn3c(NC)cc(C)nc23)cc1. The van der Waals surface area contributed by atoms with E-state index in [9.17, 15) is 4.79 Å². The zero-order valence-electron chi connectivity index (χ0n) is 12.8. The van der Waals surface area contributed by atoms with E-state index >= 15 is 0 Å².